The Kier molecular flexibility index (Phi) is 5.55. The maximum Gasteiger partial charge on any atom is 0.162 e. The number of ketones is 1. The molecular formula is C16H25N2O+. The van der Waals surface area contributed by atoms with E-state index in [0.29, 0.717) is 6.42 Å². The maximum atomic E-state index is 11.9. The normalized spacial score (nSPS) is 17.5. The fraction of sp³-hybridized carbons (Fsp3) is 0.562. The largest absolute Gasteiger partial charge is 0.335 e. The first-order valence-electron chi connectivity index (χ1n) is 7.37. The van der Waals surface area contributed by atoms with Crippen LogP contribution in [0.1, 0.15) is 29.6 Å². The van der Waals surface area contributed by atoms with Gasteiger partial charge < -0.3 is 4.90 Å². The summed E-state index contributed by atoms with van der Waals surface area (Å²) in [7, 11) is 2.26. The minimum absolute atomic E-state index is 0.281. The lowest BCUT2D eigenvalue weighted by Gasteiger charge is -2.29. The molecule has 1 N–H and O–H groups in total. The van der Waals surface area contributed by atoms with Crippen molar-refractivity contribution in [2.75, 3.05) is 39.8 Å². The van der Waals surface area contributed by atoms with Gasteiger partial charge in [0.05, 0.1) is 20.1 Å². The molecular weight excluding hydrogens is 236 g/mol. The van der Waals surface area contributed by atoms with E-state index in [1.807, 2.05) is 30.3 Å². The van der Waals surface area contributed by atoms with Gasteiger partial charge in [-0.2, -0.15) is 0 Å². The second kappa shape index (κ2) is 7.41. The molecule has 0 unspecified atom stereocenters. The van der Waals surface area contributed by atoms with E-state index in [9.17, 15) is 4.79 Å². The van der Waals surface area contributed by atoms with Crippen molar-refractivity contribution >= 4 is 5.78 Å². The van der Waals surface area contributed by atoms with Gasteiger partial charge in [0.2, 0.25) is 0 Å². The number of rotatable bonds is 6. The standard InChI is InChI=1S/C16H24N2O/c1-17-11-13-18(14-12-17)10-6-5-9-16(19)15-7-3-2-4-8-15/h2-4,7-8H,5-6,9-14H2,1H3/p+1. The quantitative estimate of drug-likeness (QED) is 0.607. The molecule has 0 spiro atoms. The molecule has 1 heterocycles. The van der Waals surface area contributed by atoms with Gasteiger partial charge in [0.15, 0.2) is 5.78 Å². The summed E-state index contributed by atoms with van der Waals surface area (Å²) in [6, 6.07) is 9.63. The lowest BCUT2D eigenvalue weighted by Crippen LogP contribution is -3.11. The van der Waals surface area contributed by atoms with Gasteiger partial charge in [0.1, 0.15) is 0 Å². The van der Waals surface area contributed by atoms with Gasteiger partial charge in [-0.1, -0.05) is 30.3 Å². The molecule has 0 aromatic heterocycles. The predicted molar refractivity (Wildman–Crippen MR) is 77.7 cm³/mol. The molecule has 19 heavy (non-hydrogen) atoms. The number of unbranched alkanes of at least 4 members (excludes halogenated alkanes) is 1. The van der Waals surface area contributed by atoms with Crippen LogP contribution in [0.4, 0.5) is 0 Å². The first-order chi connectivity index (χ1) is 9.25. The van der Waals surface area contributed by atoms with Crippen molar-refractivity contribution < 1.29 is 9.69 Å². The van der Waals surface area contributed by atoms with Gasteiger partial charge in [-0.25, -0.2) is 0 Å². The molecule has 0 saturated carbocycles. The summed E-state index contributed by atoms with van der Waals surface area (Å²) in [5, 5.41) is 0. The molecule has 0 bridgehead atoms. The zero-order chi connectivity index (χ0) is 13.5. The number of nitrogens with zero attached hydrogens (tertiary/aromatic N) is 1. The SMILES string of the molecule is C[NH+]1CCN(CCCCC(=O)c2ccccc2)CC1. The minimum Gasteiger partial charge on any atom is -0.335 e. The molecule has 1 fully saturated rings. The summed E-state index contributed by atoms with van der Waals surface area (Å²) in [4.78, 5) is 16.1. The van der Waals surface area contributed by atoms with Gasteiger partial charge in [-0.3, -0.25) is 9.69 Å². The highest BCUT2D eigenvalue weighted by atomic mass is 16.1. The molecule has 1 saturated heterocycles. The second-order valence-electron chi connectivity index (χ2n) is 5.55. The molecule has 2 rings (SSSR count). The monoisotopic (exact) mass is 261 g/mol. The highest BCUT2D eigenvalue weighted by Crippen LogP contribution is 2.07. The third-order valence-electron chi connectivity index (χ3n) is 3.93. The number of hydrogen-bond acceptors (Lipinski definition) is 2. The molecule has 3 heteroatoms. The predicted octanol–water partition coefficient (Wildman–Crippen LogP) is 0.870. The third kappa shape index (κ3) is 4.77. The van der Waals surface area contributed by atoms with Crippen molar-refractivity contribution in [1.29, 1.82) is 0 Å². The fourth-order valence-electron chi connectivity index (χ4n) is 2.55. The van der Waals surface area contributed by atoms with Gasteiger partial charge in [-0.05, 0) is 19.4 Å². The minimum atomic E-state index is 0.281. The van der Waals surface area contributed by atoms with Crippen molar-refractivity contribution in [3.8, 4) is 0 Å². The number of carbonyl (C=O) groups is 1. The van der Waals surface area contributed by atoms with Crippen molar-refractivity contribution in [3.05, 3.63) is 35.9 Å². The number of piperazine rings is 1. The average Bonchev–Trinajstić information content (AvgIpc) is 2.46. The number of carbonyl (C=O) groups excluding carboxylic acids is 1. The van der Waals surface area contributed by atoms with E-state index in [2.05, 4.69) is 11.9 Å². The van der Waals surface area contributed by atoms with Gasteiger partial charge in [-0.15, -0.1) is 0 Å². The molecule has 3 nitrogen and oxygen atoms in total. The third-order valence-corrected chi connectivity index (χ3v) is 3.93. The van der Waals surface area contributed by atoms with Crippen LogP contribution in [0, 0.1) is 0 Å². The summed E-state index contributed by atoms with van der Waals surface area (Å²) >= 11 is 0. The van der Waals surface area contributed by atoms with E-state index < -0.39 is 0 Å². The first-order valence-corrected chi connectivity index (χ1v) is 7.37. The molecule has 0 atom stereocenters. The van der Waals surface area contributed by atoms with Crippen LogP contribution in [-0.4, -0.2) is 50.5 Å². The Morgan fingerprint density at radius 2 is 1.84 bits per heavy atom. The van der Waals surface area contributed by atoms with E-state index >= 15 is 0 Å². The van der Waals surface area contributed by atoms with Crippen molar-refractivity contribution in [2.45, 2.75) is 19.3 Å². The zero-order valence-corrected chi connectivity index (χ0v) is 11.9. The fourth-order valence-corrected chi connectivity index (χ4v) is 2.55. The number of nitrogens with one attached hydrogen (secondary N) is 1. The Labute approximate surface area is 116 Å². The highest BCUT2D eigenvalue weighted by Gasteiger charge is 2.15. The summed E-state index contributed by atoms with van der Waals surface area (Å²) in [6.07, 6.45) is 2.83. The Balaban J connectivity index is 1.61. The molecule has 0 amide bonds. The van der Waals surface area contributed by atoms with E-state index in [0.717, 1.165) is 24.9 Å². The van der Waals surface area contributed by atoms with E-state index in [1.165, 1.54) is 26.2 Å². The molecule has 1 aromatic rings. The highest BCUT2D eigenvalue weighted by molar-refractivity contribution is 5.95. The molecule has 104 valence electrons. The lowest BCUT2D eigenvalue weighted by molar-refractivity contribution is -0.884. The lowest BCUT2D eigenvalue weighted by atomic mass is 10.1. The number of hydrogen-bond donors (Lipinski definition) is 1. The van der Waals surface area contributed by atoms with Crippen LogP contribution in [0.25, 0.3) is 0 Å². The smallest absolute Gasteiger partial charge is 0.162 e. The Hall–Kier alpha value is -1.19. The van der Waals surface area contributed by atoms with Crippen LogP contribution >= 0.6 is 0 Å². The van der Waals surface area contributed by atoms with E-state index in [-0.39, 0.29) is 5.78 Å². The van der Waals surface area contributed by atoms with Gasteiger partial charge in [0, 0.05) is 25.1 Å². The van der Waals surface area contributed by atoms with E-state index in [4.69, 9.17) is 0 Å². The van der Waals surface area contributed by atoms with Crippen molar-refractivity contribution in [2.24, 2.45) is 0 Å². The van der Waals surface area contributed by atoms with Crippen molar-refractivity contribution in [3.63, 3.8) is 0 Å². The summed E-state index contributed by atoms with van der Waals surface area (Å²) < 4.78 is 0. The Morgan fingerprint density at radius 3 is 2.53 bits per heavy atom. The van der Waals surface area contributed by atoms with Gasteiger partial charge >= 0.3 is 0 Å². The summed E-state index contributed by atoms with van der Waals surface area (Å²) in [5.74, 6) is 0.281. The number of benzene rings is 1. The van der Waals surface area contributed by atoms with Crippen LogP contribution in [0.3, 0.4) is 0 Å². The second-order valence-corrected chi connectivity index (χ2v) is 5.55. The number of likely N-dealkylation sites (N-methyl/N-ethyl adjacent to an activating group) is 1. The van der Waals surface area contributed by atoms with Gasteiger partial charge in [0.25, 0.3) is 0 Å². The molecule has 1 aromatic carbocycles. The van der Waals surface area contributed by atoms with Crippen LogP contribution < -0.4 is 4.90 Å². The van der Waals surface area contributed by atoms with Crippen LogP contribution in [0.15, 0.2) is 30.3 Å². The van der Waals surface area contributed by atoms with Crippen LogP contribution in [0.2, 0.25) is 0 Å². The first kappa shape index (κ1) is 14.2. The maximum absolute atomic E-state index is 11.9. The van der Waals surface area contributed by atoms with E-state index in [1.54, 1.807) is 4.90 Å². The summed E-state index contributed by atoms with van der Waals surface area (Å²) in [5.41, 5.74) is 0.852. The van der Waals surface area contributed by atoms with Crippen LogP contribution in [-0.2, 0) is 0 Å². The topological polar surface area (TPSA) is 24.8 Å². The molecule has 1 aliphatic rings. The number of quaternary nitrogens is 1. The zero-order valence-electron chi connectivity index (χ0n) is 11.9. The average molecular weight is 261 g/mol. The Bertz CT molecular complexity index is 383. The van der Waals surface area contributed by atoms with Crippen LogP contribution in [0.5, 0.6) is 0 Å². The van der Waals surface area contributed by atoms with Crippen molar-refractivity contribution in [1.82, 2.24) is 4.90 Å². The number of Topliss-reactive ketones (excluding diaryl/α,β-unsaturated/α-hetero) is 1. The molecule has 1 aliphatic heterocycles. The molecule has 0 radical (unpaired) electrons. The Morgan fingerprint density at radius 1 is 1.16 bits per heavy atom. The summed E-state index contributed by atoms with van der Waals surface area (Å²) in [6.45, 7) is 6.07. The molecule has 0 aliphatic carbocycles.